The molecule has 1 aromatic carbocycles. The van der Waals surface area contributed by atoms with E-state index in [4.69, 9.17) is 16.1 Å². The van der Waals surface area contributed by atoms with E-state index in [9.17, 15) is 4.79 Å². The maximum Gasteiger partial charge on any atom is 0.226 e. The van der Waals surface area contributed by atoms with Gasteiger partial charge in [0.25, 0.3) is 0 Å². The summed E-state index contributed by atoms with van der Waals surface area (Å²) in [6.07, 6.45) is 0.216. The van der Waals surface area contributed by atoms with E-state index in [2.05, 4.69) is 10.5 Å². The second-order valence-corrected chi connectivity index (χ2v) is 3.72. The number of nitrogens with zero attached hydrogens (tertiary/aromatic N) is 1. The summed E-state index contributed by atoms with van der Waals surface area (Å²) in [6.45, 7) is 0.468. The standard InChI is InChI=1S/C11H11ClN2O2/c12-5-6-13-11(15)7-9-8-3-1-2-4-10(8)16-14-9/h1-4H,5-7H2,(H,13,15). The van der Waals surface area contributed by atoms with Crippen molar-refractivity contribution in [2.24, 2.45) is 0 Å². The largest absolute Gasteiger partial charge is 0.356 e. The minimum atomic E-state index is -0.0975. The number of nitrogens with one attached hydrogen (secondary N) is 1. The number of alkyl halides is 1. The van der Waals surface area contributed by atoms with Crippen LogP contribution >= 0.6 is 11.6 Å². The molecule has 0 aliphatic rings. The van der Waals surface area contributed by atoms with Crippen LogP contribution in [0.2, 0.25) is 0 Å². The average Bonchev–Trinajstić information content (AvgIpc) is 2.70. The van der Waals surface area contributed by atoms with Crippen LogP contribution in [0, 0.1) is 0 Å². The molecule has 0 radical (unpaired) electrons. The first-order chi connectivity index (χ1) is 7.81. The molecule has 1 aromatic heterocycles. The molecule has 0 bridgehead atoms. The van der Waals surface area contributed by atoms with Gasteiger partial charge in [0.2, 0.25) is 5.91 Å². The summed E-state index contributed by atoms with van der Waals surface area (Å²) in [4.78, 5) is 11.5. The fourth-order valence-electron chi connectivity index (χ4n) is 1.47. The van der Waals surface area contributed by atoms with Crippen molar-refractivity contribution in [3.05, 3.63) is 30.0 Å². The molecule has 0 aliphatic carbocycles. The van der Waals surface area contributed by atoms with Gasteiger partial charge >= 0.3 is 0 Å². The van der Waals surface area contributed by atoms with E-state index in [-0.39, 0.29) is 12.3 Å². The van der Waals surface area contributed by atoms with Gasteiger partial charge in [0, 0.05) is 17.8 Å². The molecule has 4 nitrogen and oxygen atoms in total. The third-order valence-electron chi connectivity index (χ3n) is 2.20. The Kier molecular flexibility index (Phi) is 3.41. The first kappa shape index (κ1) is 11.0. The van der Waals surface area contributed by atoms with E-state index in [0.717, 1.165) is 5.39 Å². The summed E-state index contributed by atoms with van der Waals surface area (Å²) in [5, 5.41) is 7.44. The number of carbonyl (C=O) groups is 1. The van der Waals surface area contributed by atoms with Gasteiger partial charge in [0.15, 0.2) is 5.58 Å². The Morgan fingerprint density at radius 2 is 2.25 bits per heavy atom. The van der Waals surface area contributed by atoms with Gasteiger partial charge in [0.1, 0.15) is 5.69 Å². The number of benzene rings is 1. The van der Waals surface area contributed by atoms with E-state index in [1.807, 2.05) is 24.3 Å². The van der Waals surface area contributed by atoms with Crippen molar-refractivity contribution >= 4 is 28.5 Å². The van der Waals surface area contributed by atoms with Crippen LogP contribution in [0.25, 0.3) is 11.0 Å². The molecule has 0 aliphatic heterocycles. The van der Waals surface area contributed by atoms with Crippen LogP contribution in [-0.4, -0.2) is 23.5 Å². The Labute approximate surface area is 97.6 Å². The highest BCUT2D eigenvalue weighted by atomic mass is 35.5. The molecule has 0 fully saturated rings. The van der Waals surface area contributed by atoms with Gasteiger partial charge in [-0.25, -0.2) is 0 Å². The van der Waals surface area contributed by atoms with Crippen molar-refractivity contribution < 1.29 is 9.32 Å². The first-order valence-electron chi connectivity index (χ1n) is 4.97. The average molecular weight is 239 g/mol. The summed E-state index contributed by atoms with van der Waals surface area (Å²) < 4.78 is 5.10. The summed E-state index contributed by atoms with van der Waals surface area (Å²) in [5.74, 6) is 0.311. The lowest BCUT2D eigenvalue weighted by Gasteiger charge is -1.99. The van der Waals surface area contributed by atoms with E-state index >= 15 is 0 Å². The zero-order valence-electron chi connectivity index (χ0n) is 8.57. The number of halogens is 1. The van der Waals surface area contributed by atoms with Gasteiger partial charge in [-0.2, -0.15) is 0 Å². The van der Waals surface area contributed by atoms with Crippen LogP contribution in [0.5, 0.6) is 0 Å². The Hall–Kier alpha value is -1.55. The summed E-state index contributed by atoms with van der Waals surface area (Å²) in [5.41, 5.74) is 1.35. The zero-order valence-corrected chi connectivity index (χ0v) is 9.33. The summed E-state index contributed by atoms with van der Waals surface area (Å²) >= 11 is 5.47. The maximum atomic E-state index is 11.5. The number of fused-ring (bicyclic) bond motifs is 1. The number of rotatable bonds is 4. The highest BCUT2D eigenvalue weighted by Crippen LogP contribution is 2.17. The second-order valence-electron chi connectivity index (χ2n) is 3.34. The monoisotopic (exact) mass is 238 g/mol. The highest BCUT2D eigenvalue weighted by molar-refractivity contribution is 6.18. The summed E-state index contributed by atoms with van der Waals surface area (Å²) in [6, 6.07) is 7.46. The molecule has 1 amide bonds. The van der Waals surface area contributed by atoms with Crippen LogP contribution < -0.4 is 5.32 Å². The molecule has 0 unspecified atom stereocenters. The maximum absolute atomic E-state index is 11.5. The molecule has 16 heavy (non-hydrogen) atoms. The lowest BCUT2D eigenvalue weighted by atomic mass is 10.2. The lowest BCUT2D eigenvalue weighted by Crippen LogP contribution is -2.26. The molecule has 1 N–H and O–H groups in total. The number of amides is 1. The van der Waals surface area contributed by atoms with Crippen molar-refractivity contribution in [1.82, 2.24) is 10.5 Å². The number of aromatic nitrogens is 1. The molecule has 5 heteroatoms. The van der Waals surface area contributed by atoms with E-state index in [1.54, 1.807) is 0 Å². The normalized spacial score (nSPS) is 10.6. The predicted octanol–water partition coefficient (Wildman–Crippen LogP) is 1.73. The summed E-state index contributed by atoms with van der Waals surface area (Å²) in [7, 11) is 0. The van der Waals surface area contributed by atoms with Gasteiger partial charge in [-0.1, -0.05) is 17.3 Å². The number of hydrogen-bond donors (Lipinski definition) is 1. The van der Waals surface area contributed by atoms with Crippen molar-refractivity contribution in [2.75, 3.05) is 12.4 Å². The lowest BCUT2D eigenvalue weighted by molar-refractivity contribution is -0.120. The quantitative estimate of drug-likeness (QED) is 0.826. The van der Waals surface area contributed by atoms with Gasteiger partial charge in [-0.3, -0.25) is 4.79 Å². The molecule has 2 rings (SSSR count). The molecular weight excluding hydrogens is 228 g/mol. The van der Waals surface area contributed by atoms with Gasteiger partial charge in [-0.15, -0.1) is 11.6 Å². The molecule has 2 aromatic rings. The number of hydrogen-bond acceptors (Lipinski definition) is 3. The zero-order chi connectivity index (χ0) is 11.4. The molecule has 84 valence electrons. The molecule has 0 saturated heterocycles. The van der Waals surface area contributed by atoms with Crippen LogP contribution in [-0.2, 0) is 11.2 Å². The van der Waals surface area contributed by atoms with Crippen LogP contribution in [0.15, 0.2) is 28.8 Å². The topological polar surface area (TPSA) is 55.1 Å². The van der Waals surface area contributed by atoms with Crippen LogP contribution in [0.4, 0.5) is 0 Å². The Morgan fingerprint density at radius 3 is 3.06 bits per heavy atom. The number of carbonyl (C=O) groups excluding carboxylic acids is 1. The van der Waals surface area contributed by atoms with Gasteiger partial charge < -0.3 is 9.84 Å². The third-order valence-corrected chi connectivity index (χ3v) is 2.39. The molecule has 0 spiro atoms. The Bertz CT molecular complexity index is 495. The van der Waals surface area contributed by atoms with Gasteiger partial charge in [-0.05, 0) is 12.1 Å². The molecule has 0 atom stereocenters. The van der Waals surface area contributed by atoms with Crippen molar-refractivity contribution in [3.63, 3.8) is 0 Å². The SMILES string of the molecule is O=C(Cc1noc2ccccc12)NCCCl. The first-order valence-corrected chi connectivity index (χ1v) is 5.50. The molecular formula is C11H11ClN2O2. The van der Waals surface area contributed by atoms with Crippen LogP contribution in [0.1, 0.15) is 5.69 Å². The molecule has 0 saturated carbocycles. The van der Waals surface area contributed by atoms with Crippen molar-refractivity contribution in [1.29, 1.82) is 0 Å². The van der Waals surface area contributed by atoms with Crippen molar-refractivity contribution in [2.45, 2.75) is 6.42 Å². The Morgan fingerprint density at radius 1 is 1.44 bits per heavy atom. The predicted molar refractivity (Wildman–Crippen MR) is 61.4 cm³/mol. The van der Waals surface area contributed by atoms with E-state index in [1.165, 1.54) is 0 Å². The second kappa shape index (κ2) is 4.99. The Balaban J connectivity index is 2.12. The fraction of sp³-hybridized carbons (Fsp3) is 0.273. The highest BCUT2D eigenvalue weighted by Gasteiger charge is 2.11. The van der Waals surface area contributed by atoms with Crippen molar-refractivity contribution in [3.8, 4) is 0 Å². The van der Waals surface area contributed by atoms with E-state index in [0.29, 0.717) is 23.7 Å². The minimum absolute atomic E-state index is 0.0975. The van der Waals surface area contributed by atoms with E-state index < -0.39 is 0 Å². The number of para-hydroxylation sites is 1. The smallest absolute Gasteiger partial charge is 0.226 e. The third kappa shape index (κ3) is 2.33. The molecule has 1 heterocycles. The van der Waals surface area contributed by atoms with Gasteiger partial charge in [0.05, 0.1) is 6.42 Å². The minimum Gasteiger partial charge on any atom is -0.356 e. The van der Waals surface area contributed by atoms with Crippen LogP contribution in [0.3, 0.4) is 0 Å². The fourth-order valence-corrected chi connectivity index (χ4v) is 1.56.